The summed E-state index contributed by atoms with van der Waals surface area (Å²) in [6.45, 7) is 11.3. The van der Waals surface area contributed by atoms with Gasteiger partial charge in [0.15, 0.2) is 0 Å². The first-order chi connectivity index (χ1) is 12.2. The molecule has 2 N–H and O–H groups in total. The molecule has 1 aliphatic heterocycles. The van der Waals surface area contributed by atoms with Crippen LogP contribution in [0, 0.1) is 0 Å². The molecule has 0 radical (unpaired) electrons. The monoisotopic (exact) mass is 362 g/mol. The predicted octanol–water partition coefficient (Wildman–Crippen LogP) is 2.99. The molecule has 1 heterocycles. The minimum absolute atomic E-state index is 0.0996. The minimum atomic E-state index is -0.165. The van der Waals surface area contributed by atoms with Crippen molar-refractivity contribution in [2.45, 2.75) is 39.7 Å². The van der Waals surface area contributed by atoms with Gasteiger partial charge in [-0.3, -0.25) is 9.69 Å². The number of ether oxygens (including phenoxy) is 1. The SMILES string of the molecule is COc1ccc(NC(C)=O)cc1NC(=O)N1CCCN(C(C)(C)C)CC1. The molecule has 1 aromatic carbocycles. The Bertz CT molecular complexity index is 655. The number of methoxy groups -OCH3 is 1. The molecule has 0 bridgehead atoms. The summed E-state index contributed by atoms with van der Waals surface area (Å²) in [5, 5.41) is 5.63. The third-order valence-corrected chi connectivity index (χ3v) is 4.49. The van der Waals surface area contributed by atoms with Crippen molar-refractivity contribution in [3.05, 3.63) is 18.2 Å². The summed E-state index contributed by atoms with van der Waals surface area (Å²) in [7, 11) is 1.55. The molecule has 1 saturated heterocycles. The van der Waals surface area contributed by atoms with Crippen LogP contribution in [0.25, 0.3) is 0 Å². The average molecular weight is 362 g/mol. The number of urea groups is 1. The lowest BCUT2D eigenvalue weighted by atomic mass is 10.1. The molecule has 2 rings (SSSR count). The topological polar surface area (TPSA) is 73.9 Å². The summed E-state index contributed by atoms with van der Waals surface area (Å²) < 4.78 is 5.33. The molecule has 26 heavy (non-hydrogen) atoms. The van der Waals surface area contributed by atoms with Gasteiger partial charge in [0, 0.05) is 44.3 Å². The molecule has 3 amide bonds. The molecule has 1 fully saturated rings. The van der Waals surface area contributed by atoms with E-state index in [0.717, 1.165) is 19.5 Å². The second kappa shape index (κ2) is 8.40. The fraction of sp³-hybridized carbons (Fsp3) is 0.579. The van der Waals surface area contributed by atoms with E-state index in [2.05, 4.69) is 36.3 Å². The van der Waals surface area contributed by atoms with Crippen LogP contribution in [0.15, 0.2) is 18.2 Å². The highest BCUT2D eigenvalue weighted by molar-refractivity contribution is 5.94. The summed E-state index contributed by atoms with van der Waals surface area (Å²) in [6, 6.07) is 5.02. The van der Waals surface area contributed by atoms with Crippen LogP contribution in [0.1, 0.15) is 34.1 Å². The number of anilines is 2. The summed E-state index contributed by atoms with van der Waals surface area (Å²) in [5.74, 6) is 0.390. The number of nitrogens with one attached hydrogen (secondary N) is 2. The van der Waals surface area contributed by atoms with Gasteiger partial charge in [-0.1, -0.05) is 0 Å². The molecule has 0 aromatic heterocycles. The van der Waals surface area contributed by atoms with Crippen LogP contribution < -0.4 is 15.4 Å². The van der Waals surface area contributed by atoms with Gasteiger partial charge >= 0.3 is 6.03 Å². The normalized spacial score (nSPS) is 16.0. The van der Waals surface area contributed by atoms with E-state index in [1.165, 1.54) is 6.92 Å². The fourth-order valence-corrected chi connectivity index (χ4v) is 3.07. The van der Waals surface area contributed by atoms with E-state index in [4.69, 9.17) is 4.74 Å². The Labute approximate surface area is 155 Å². The summed E-state index contributed by atoms with van der Waals surface area (Å²) >= 11 is 0. The largest absolute Gasteiger partial charge is 0.495 e. The Balaban J connectivity index is 2.08. The van der Waals surface area contributed by atoms with E-state index in [9.17, 15) is 9.59 Å². The summed E-state index contributed by atoms with van der Waals surface area (Å²) in [6.07, 6.45) is 0.938. The van der Waals surface area contributed by atoms with E-state index in [-0.39, 0.29) is 17.5 Å². The first-order valence-electron chi connectivity index (χ1n) is 8.97. The lowest BCUT2D eigenvalue weighted by molar-refractivity contribution is -0.114. The summed E-state index contributed by atoms with van der Waals surface area (Å²) in [5.41, 5.74) is 1.26. The number of benzene rings is 1. The number of rotatable bonds is 3. The van der Waals surface area contributed by atoms with E-state index >= 15 is 0 Å². The molecule has 144 valence electrons. The first kappa shape index (κ1) is 20.0. The molecular weight excluding hydrogens is 332 g/mol. The number of carbonyl (C=O) groups is 2. The lowest BCUT2D eigenvalue weighted by Gasteiger charge is -2.34. The van der Waals surface area contributed by atoms with Crippen LogP contribution >= 0.6 is 0 Å². The minimum Gasteiger partial charge on any atom is -0.495 e. The quantitative estimate of drug-likeness (QED) is 0.867. The first-order valence-corrected chi connectivity index (χ1v) is 8.97. The second-order valence-electron chi connectivity index (χ2n) is 7.52. The van der Waals surface area contributed by atoms with Gasteiger partial charge in [0.1, 0.15) is 5.75 Å². The zero-order valence-corrected chi connectivity index (χ0v) is 16.4. The fourth-order valence-electron chi connectivity index (χ4n) is 3.07. The van der Waals surface area contributed by atoms with Crippen molar-refractivity contribution in [1.82, 2.24) is 9.80 Å². The van der Waals surface area contributed by atoms with Crippen molar-refractivity contribution < 1.29 is 14.3 Å². The van der Waals surface area contributed by atoms with Crippen LogP contribution in [-0.2, 0) is 4.79 Å². The Hall–Kier alpha value is -2.28. The molecule has 7 heteroatoms. The highest BCUT2D eigenvalue weighted by atomic mass is 16.5. The van der Waals surface area contributed by atoms with Gasteiger partial charge in [0.05, 0.1) is 12.8 Å². The van der Waals surface area contributed by atoms with Crippen LogP contribution in [0.5, 0.6) is 5.75 Å². The maximum atomic E-state index is 12.7. The van der Waals surface area contributed by atoms with E-state index in [1.807, 2.05) is 4.90 Å². The van der Waals surface area contributed by atoms with Gasteiger partial charge in [0.25, 0.3) is 0 Å². The van der Waals surface area contributed by atoms with Gasteiger partial charge in [0.2, 0.25) is 5.91 Å². The standard InChI is InChI=1S/C19H30N4O3/c1-14(24)20-15-7-8-17(26-5)16(13-15)21-18(25)22-9-6-10-23(12-11-22)19(2,3)4/h7-8,13H,6,9-12H2,1-5H3,(H,20,24)(H,21,25). The van der Waals surface area contributed by atoms with Crippen molar-refractivity contribution in [1.29, 1.82) is 0 Å². The van der Waals surface area contributed by atoms with Gasteiger partial charge in [-0.05, 0) is 45.4 Å². The van der Waals surface area contributed by atoms with Crippen LogP contribution in [0.4, 0.5) is 16.2 Å². The number of hydrogen-bond donors (Lipinski definition) is 2. The van der Waals surface area contributed by atoms with Crippen molar-refractivity contribution in [2.75, 3.05) is 43.9 Å². The Morgan fingerprint density at radius 1 is 1.08 bits per heavy atom. The third kappa shape index (κ3) is 5.36. The second-order valence-corrected chi connectivity index (χ2v) is 7.52. The Morgan fingerprint density at radius 2 is 1.81 bits per heavy atom. The van der Waals surface area contributed by atoms with Gasteiger partial charge in [-0.25, -0.2) is 4.79 Å². The maximum absolute atomic E-state index is 12.7. The molecule has 7 nitrogen and oxygen atoms in total. The number of carbonyl (C=O) groups excluding carboxylic acids is 2. The van der Waals surface area contributed by atoms with Crippen molar-refractivity contribution in [3.63, 3.8) is 0 Å². The van der Waals surface area contributed by atoms with Crippen molar-refractivity contribution in [2.24, 2.45) is 0 Å². The molecule has 0 unspecified atom stereocenters. The summed E-state index contributed by atoms with van der Waals surface area (Å²) in [4.78, 5) is 28.2. The molecular formula is C19H30N4O3. The third-order valence-electron chi connectivity index (χ3n) is 4.49. The van der Waals surface area contributed by atoms with Gasteiger partial charge in [-0.2, -0.15) is 0 Å². The lowest BCUT2D eigenvalue weighted by Crippen LogP contribution is -2.44. The van der Waals surface area contributed by atoms with E-state index < -0.39 is 0 Å². The molecule has 0 saturated carbocycles. The van der Waals surface area contributed by atoms with E-state index in [1.54, 1.807) is 25.3 Å². The smallest absolute Gasteiger partial charge is 0.321 e. The predicted molar refractivity (Wildman–Crippen MR) is 104 cm³/mol. The number of amides is 3. The molecule has 0 aliphatic carbocycles. The highest BCUT2D eigenvalue weighted by Crippen LogP contribution is 2.28. The Morgan fingerprint density at radius 3 is 2.42 bits per heavy atom. The number of nitrogens with zero attached hydrogens (tertiary/aromatic N) is 2. The van der Waals surface area contributed by atoms with Crippen molar-refractivity contribution in [3.8, 4) is 5.75 Å². The average Bonchev–Trinajstić information content (AvgIpc) is 2.80. The maximum Gasteiger partial charge on any atom is 0.321 e. The Kier molecular flexibility index (Phi) is 6.47. The van der Waals surface area contributed by atoms with Crippen LogP contribution in [0.2, 0.25) is 0 Å². The van der Waals surface area contributed by atoms with Crippen LogP contribution in [0.3, 0.4) is 0 Å². The molecule has 0 spiro atoms. The zero-order chi connectivity index (χ0) is 19.3. The number of hydrogen-bond acceptors (Lipinski definition) is 4. The zero-order valence-electron chi connectivity index (χ0n) is 16.4. The van der Waals surface area contributed by atoms with Crippen LogP contribution in [-0.4, -0.2) is 60.6 Å². The van der Waals surface area contributed by atoms with Crippen molar-refractivity contribution >= 4 is 23.3 Å². The molecule has 0 atom stereocenters. The van der Waals surface area contributed by atoms with Gasteiger partial charge < -0.3 is 20.3 Å². The highest BCUT2D eigenvalue weighted by Gasteiger charge is 2.26. The molecule has 1 aromatic rings. The van der Waals surface area contributed by atoms with E-state index in [0.29, 0.717) is 30.2 Å². The van der Waals surface area contributed by atoms with Gasteiger partial charge in [-0.15, -0.1) is 0 Å². The molecule has 1 aliphatic rings.